The SMILES string of the molecule is CC(=O)O[C@H]1C[C@@]2(C)[C@@H](C[C@@H](O)[C@H]3[C@@]4(C)CC[C@@H](O)[C@@H](N)[C@@H]4CC[C@@]32N)/C1=C(\CCCNc1ccccc1)C(=O)O. The zero-order valence-corrected chi connectivity index (χ0v) is 24.5. The number of carboxylic acid groups (broad SMARTS) is 1. The third-order valence-corrected chi connectivity index (χ3v) is 11.5. The first-order chi connectivity index (χ1) is 19.3. The van der Waals surface area contributed by atoms with Crippen molar-refractivity contribution < 1.29 is 29.6 Å². The number of carboxylic acids is 1. The van der Waals surface area contributed by atoms with E-state index in [-0.39, 0.29) is 34.8 Å². The number of rotatable bonds is 7. The van der Waals surface area contributed by atoms with Crippen LogP contribution < -0.4 is 16.8 Å². The molecule has 0 aliphatic heterocycles. The molecule has 0 amide bonds. The monoisotopic (exact) mass is 569 g/mol. The minimum atomic E-state index is -1.02. The quantitative estimate of drug-likeness (QED) is 0.164. The maximum Gasteiger partial charge on any atom is 0.331 e. The van der Waals surface area contributed by atoms with Crippen LogP contribution in [-0.2, 0) is 14.3 Å². The average molecular weight is 570 g/mol. The van der Waals surface area contributed by atoms with Gasteiger partial charge in [0, 0.05) is 42.2 Å². The lowest BCUT2D eigenvalue weighted by atomic mass is 9.39. The van der Waals surface area contributed by atoms with Gasteiger partial charge >= 0.3 is 11.9 Å². The van der Waals surface area contributed by atoms with E-state index in [2.05, 4.69) is 19.2 Å². The van der Waals surface area contributed by atoms with Crippen molar-refractivity contribution >= 4 is 17.6 Å². The number of nitrogens with one attached hydrogen (secondary N) is 1. The van der Waals surface area contributed by atoms with Crippen LogP contribution in [-0.4, -0.2) is 63.7 Å². The van der Waals surface area contributed by atoms with Crippen molar-refractivity contribution in [3.05, 3.63) is 41.5 Å². The Kier molecular flexibility index (Phi) is 8.04. The van der Waals surface area contributed by atoms with Gasteiger partial charge in [-0.2, -0.15) is 0 Å². The number of benzene rings is 1. The van der Waals surface area contributed by atoms with E-state index in [0.717, 1.165) is 18.5 Å². The molecule has 9 nitrogen and oxygen atoms in total. The molecule has 9 heteroatoms. The summed E-state index contributed by atoms with van der Waals surface area (Å²) >= 11 is 0. The maximum absolute atomic E-state index is 12.8. The van der Waals surface area contributed by atoms with Gasteiger partial charge in [0.05, 0.1) is 12.2 Å². The van der Waals surface area contributed by atoms with Gasteiger partial charge in [-0.15, -0.1) is 0 Å². The summed E-state index contributed by atoms with van der Waals surface area (Å²) in [6.07, 6.45) is 2.23. The fraction of sp³-hybridized carbons (Fsp3) is 0.688. The van der Waals surface area contributed by atoms with E-state index in [1.54, 1.807) is 0 Å². The number of aliphatic hydroxyl groups is 2. The van der Waals surface area contributed by atoms with Crippen molar-refractivity contribution in [1.29, 1.82) is 0 Å². The number of fused-ring (bicyclic) bond motifs is 5. The Morgan fingerprint density at radius 2 is 1.80 bits per heavy atom. The fourth-order valence-corrected chi connectivity index (χ4v) is 9.64. The zero-order chi connectivity index (χ0) is 29.7. The molecule has 5 rings (SSSR count). The highest BCUT2D eigenvalue weighted by Crippen LogP contribution is 2.69. The average Bonchev–Trinajstić information content (AvgIpc) is 3.18. The van der Waals surface area contributed by atoms with E-state index in [9.17, 15) is 24.9 Å². The molecule has 0 bridgehead atoms. The van der Waals surface area contributed by atoms with Gasteiger partial charge < -0.3 is 36.8 Å². The van der Waals surface area contributed by atoms with Gasteiger partial charge in [0.2, 0.25) is 0 Å². The molecule has 1 aromatic rings. The Morgan fingerprint density at radius 1 is 1.10 bits per heavy atom. The lowest BCUT2D eigenvalue weighted by Crippen LogP contribution is -2.75. The molecular formula is C32H47N3O6. The molecule has 0 spiro atoms. The molecule has 0 radical (unpaired) electrons. The number of esters is 1. The first kappa shape index (κ1) is 30.0. The smallest absolute Gasteiger partial charge is 0.331 e. The minimum Gasteiger partial charge on any atom is -0.478 e. The van der Waals surface area contributed by atoms with Crippen molar-refractivity contribution in [2.75, 3.05) is 11.9 Å². The van der Waals surface area contributed by atoms with Gasteiger partial charge in [0.25, 0.3) is 0 Å². The van der Waals surface area contributed by atoms with Crippen LogP contribution in [0, 0.1) is 28.6 Å². The number of ether oxygens (including phenoxy) is 1. The molecular weight excluding hydrogens is 522 g/mol. The first-order valence-corrected chi connectivity index (χ1v) is 15.2. The van der Waals surface area contributed by atoms with Gasteiger partial charge in [-0.05, 0) is 91.7 Å². The number of anilines is 1. The summed E-state index contributed by atoms with van der Waals surface area (Å²) in [6.45, 7) is 6.21. The van der Waals surface area contributed by atoms with Gasteiger partial charge in [0.15, 0.2) is 0 Å². The molecule has 0 aromatic heterocycles. The number of hydrogen-bond acceptors (Lipinski definition) is 8. The van der Waals surface area contributed by atoms with Crippen molar-refractivity contribution in [2.45, 2.75) is 102 Å². The molecule has 226 valence electrons. The van der Waals surface area contributed by atoms with Crippen LogP contribution in [0.15, 0.2) is 41.5 Å². The third-order valence-electron chi connectivity index (χ3n) is 11.5. The summed E-state index contributed by atoms with van der Waals surface area (Å²) < 4.78 is 5.84. The first-order valence-electron chi connectivity index (χ1n) is 15.2. The van der Waals surface area contributed by atoms with Crippen LogP contribution >= 0.6 is 0 Å². The highest BCUT2D eigenvalue weighted by molar-refractivity contribution is 5.88. The molecule has 4 saturated carbocycles. The second-order valence-corrected chi connectivity index (χ2v) is 13.6. The Hall–Kier alpha value is -2.46. The predicted octanol–water partition coefficient (Wildman–Crippen LogP) is 3.19. The predicted molar refractivity (Wildman–Crippen MR) is 156 cm³/mol. The van der Waals surface area contributed by atoms with Crippen molar-refractivity contribution in [3.63, 3.8) is 0 Å². The number of carbonyl (C=O) groups excluding carboxylic acids is 1. The lowest BCUT2D eigenvalue weighted by molar-refractivity contribution is -0.193. The topological polar surface area (TPSA) is 168 Å². The minimum absolute atomic E-state index is 0.0371. The summed E-state index contributed by atoms with van der Waals surface area (Å²) in [6, 6.07) is 9.38. The van der Waals surface area contributed by atoms with Crippen LogP contribution in [0.2, 0.25) is 0 Å². The Balaban J connectivity index is 1.50. The maximum atomic E-state index is 12.8. The number of para-hydroxylation sites is 1. The van der Waals surface area contributed by atoms with E-state index in [1.807, 2.05) is 30.3 Å². The summed E-state index contributed by atoms with van der Waals surface area (Å²) in [5.41, 5.74) is 14.1. The molecule has 0 heterocycles. The van der Waals surface area contributed by atoms with Gasteiger partial charge in [-0.1, -0.05) is 32.0 Å². The van der Waals surface area contributed by atoms with Crippen molar-refractivity contribution in [2.24, 2.45) is 40.1 Å². The van der Waals surface area contributed by atoms with Crippen molar-refractivity contribution in [1.82, 2.24) is 0 Å². The van der Waals surface area contributed by atoms with E-state index < -0.39 is 41.2 Å². The molecule has 0 unspecified atom stereocenters. The van der Waals surface area contributed by atoms with Crippen LogP contribution in [0.3, 0.4) is 0 Å². The molecule has 10 atom stereocenters. The number of hydrogen-bond donors (Lipinski definition) is 6. The largest absolute Gasteiger partial charge is 0.478 e. The van der Waals surface area contributed by atoms with E-state index in [0.29, 0.717) is 50.6 Å². The summed E-state index contributed by atoms with van der Waals surface area (Å²) in [5.74, 6) is -2.05. The Morgan fingerprint density at radius 3 is 2.46 bits per heavy atom. The standard InChI is InChI=1S/C32H47N3O6/c1-18(36)41-25-17-31(3)22(26(25)20(29(39)40)10-7-15-35-19-8-5-4-6-9-19)16-24(38)28-30(2)13-12-23(37)27(33)21(30)11-14-32(28,31)34/h4-6,8-9,21-25,27-28,35,37-38H,7,10-17,33-34H2,1-3H3,(H,39,40)/b26-20-/t21-,22-,23+,24+,25-,27-,28-,30-,31-,32+/m0/s1. The molecule has 4 fully saturated rings. The Bertz CT molecular complexity index is 1190. The normalized spacial score (nSPS) is 42.9. The number of carbonyl (C=O) groups is 2. The van der Waals surface area contributed by atoms with Gasteiger partial charge in [-0.3, -0.25) is 4.79 Å². The lowest BCUT2D eigenvalue weighted by Gasteiger charge is -2.68. The second kappa shape index (κ2) is 11.0. The van der Waals surface area contributed by atoms with Crippen LogP contribution in [0.25, 0.3) is 0 Å². The molecule has 41 heavy (non-hydrogen) atoms. The third kappa shape index (κ3) is 4.88. The van der Waals surface area contributed by atoms with Crippen LogP contribution in [0.5, 0.6) is 0 Å². The summed E-state index contributed by atoms with van der Waals surface area (Å²) in [4.78, 5) is 25.0. The van der Waals surface area contributed by atoms with Crippen LogP contribution in [0.1, 0.15) is 72.1 Å². The zero-order valence-electron chi connectivity index (χ0n) is 24.5. The molecule has 0 saturated heterocycles. The van der Waals surface area contributed by atoms with E-state index >= 15 is 0 Å². The summed E-state index contributed by atoms with van der Waals surface area (Å²) in [7, 11) is 0. The fourth-order valence-electron chi connectivity index (χ4n) is 9.64. The second-order valence-electron chi connectivity index (χ2n) is 13.6. The number of aliphatic carboxylic acids is 1. The van der Waals surface area contributed by atoms with Gasteiger partial charge in [-0.25, -0.2) is 4.79 Å². The molecule has 1 aromatic carbocycles. The molecule has 4 aliphatic rings. The Labute approximate surface area is 242 Å². The number of nitrogens with two attached hydrogens (primary N) is 2. The van der Waals surface area contributed by atoms with E-state index in [4.69, 9.17) is 16.2 Å². The highest BCUT2D eigenvalue weighted by Gasteiger charge is 2.71. The number of aliphatic hydroxyl groups excluding tert-OH is 2. The molecule has 4 aliphatic carbocycles. The highest BCUT2D eigenvalue weighted by atomic mass is 16.5. The van der Waals surface area contributed by atoms with Crippen LogP contribution in [0.4, 0.5) is 5.69 Å². The van der Waals surface area contributed by atoms with E-state index in [1.165, 1.54) is 6.92 Å². The van der Waals surface area contributed by atoms with Gasteiger partial charge in [0.1, 0.15) is 6.10 Å². The molecule has 8 N–H and O–H groups in total. The summed E-state index contributed by atoms with van der Waals surface area (Å²) in [5, 5.41) is 36.2. The van der Waals surface area contributed by atoms with Crippen molar-refractivity contribution in [3.8, 4) is 0 Å².